The molecule has 39 heavy (non-hydrogen) atoms. The number of halogens is 1. The highest BCUT2D eigenvalue weighted by Gasteiger charge is 2.31. The molecule has 1 heterocycles. The monoisotopic (exact) mass is 573 g/mol. The lowest BCUT2D eigenvalue weighted by Gasteiger charge is -2.37. The van der Waals surface area contributed by atoms with Gasteiger partial charge in [-0.3, -0.25) is 9.10 Å². The molecule has 208 valence electrons. The Morgan fingerprint density at radius 3 is 2.23 bits per heavy atom. The van der Waals surface area contributed by atoms with Crippen molar-refractivity contribution in [2.45, 2.75) is 11.8 Å². The van der Waals surface area contributed by atoms with E-state index in [1.807, 2.05) is 31.2 Å². The summed E-state index contributed by atoms with van der Waals surface area (Å²) in [6.07, 6.45) is 0. The van der Waals surface area contributed by atoms with Gasteiger partial charge in [-0.1, -0.05) is 17.7 Å². The third-order valence-electron chi connectivity index (χ3n) is 6.46. The molecule has 0 bridgehead atoms. The number of benzene rings is 3. The predicted octanol–water partition coefficient (Wildman–Crippen LogP) is 4.30. The first-order valence-electron chi connectivity index (χ1n) is 12.5. The Morgan fingerprint density at radius 2 is 1.62 bits per heavy atom. The summed E-state index contributed by atoms with van der Waals surface area (Å²) >= 11 is 6.14. The van der Waals surface area contributed by atoms with Crippen molar-refractivity contribution in [3.05, 3.63) is 71.8 Å². The Kier molecular flexibility index (Phi) is 9.08. The first-order chi connectivity index (χ1) is 18.8. The summed E-state index contributed by atoms with van der Waals surface area (Å²) < 4.78 is 45.0. The van der Waals surface area contributed by atoms with Crippen LogP contribution in [0.2, 0.25) is 5.02 Å². The Bertz CT molecular complexity index is 1390. The smallest absolute Gasteiger partial charge is 0.264 e. The highest BCUT2D eigenvalue weighted by Crippen LogP contribution is 2.33. The molecular weight excluding hydrogens is 542 g/mol. The molecule has 4 rings (SSSR count). The maximum Gasteiger partial charge on any atom is 0.264 e. The highest BCUT2D eigenvalue weighted by atomic mass is 35.5. The average molecular weight is 574 g/mol. The molecule has 0 unspecified atom stereocenters. The van der Waals surface area contributed by atoms with Crippen molar-refractivity contribution in [2.75, 3.05) is 62.8 Å². The fourth-order valence-corrected chi connectivity index (χ4v) is 6.02. The molecule has 3 aromatic rings. The van der Waals surface area contributed by atoms with Crippen LogP contribution in [0.5, 0.6) is 17.2 Å². The minimum atomic E-state index is -4.14. The zero-order valence-electron chi connectivity index (χ0n) is 22.2. The maximum absolute atomic E-state index is 13.9. The predicted molar refractivity (Wildman–Crippen MR) is 152 cm³/mol. The fraction of sp³-hybridized carbons (Fsp3) is 0.321. The Labute approximate surface area is 234 Å². The van der Waals surface area contributed by atoms with Crippen LogP contribution in [0, 0.1) is 0 Å². The second kappa shape index (κ2) is 12.5. The Balaban J connectivity index is 1.58. The number of amides is 1. The number of carbonyl (C=O) groups is 1. The highest BCUT2D eigenvalue weighted by molar-refractivity contribution is 7.92. The summed E-state index contributed by atoms with van der Waals surface area (Å²) in [6.45, 7) is 4.12. The van der Waals surface area contributed by atoms with Crippen molar-refractivity contribution in [3.8, 4) is 17.2 Å². The summed E-state index contributed by atoms with van der Waals surface area (Å²) in [4.78, 5) is 17.3. The summed E-state index contributed by atoms with van der Waals surface area (Å²) in [7, 11) is -1.23. The van der Waals surface area contributed by atoms with Crippen LogP contribution in [0.4, 0.5) is 11.4 Å². The van der Waals surface area contributed by atoms with E-state index in [1.54, 1.807) is 29.2 Å². The largest absolute Gasteiger partial charge is 0.494 e. The van der Waals surface area contributed by atoms with E-state index < -0.39 is 10.0 Å². The number of carbonyl (C=O) groups excluding carboxylic acids is 1. The van der Waals surface area contributed by atoms with Crippen LogP contribution in [0.3, 0.4) is 0 Å². The summed E-state index contributed by atoms with van der Waals surface area (Å²) in [5.41, 5.74) is 1.33. The number of piperazine rings is 1. The van der Waals surface area contributed by atoms with Gasteiger partial charge >= 0.3 is 0 Å². The SMILES string of the molecule is CCOc1ccc(N(CC(=O)N2CCN(c3cccc(Cl)c3)CC2)S(=O)(=O)c2ccc(OC)c(OC)c2)cc1. The van der Waals surface area contributed by atoms with Gasteiger partial charge in [0.25, 0.3) is 10.0 Å². The quantitative estimate of drug-likeness (QED) is 0.357. The Morgan fingerprint density at radius 1 is 0.923 bits per heavy atom. The molecule has 0 radical (unpaired) electrons. The molecule has 0 N–H and O–H groups in total. The summed E-state index contributed by atoms with van der Waals surface area (Å²) in [5, 5.41) is 0.650. The van der Waals surface area contributed by atoms with Crippen molar-refractivity contribution in [1.82, 2.24) is 4.90 Å². The normalized spacial score (nSPS) is 13.6. The van der Waals surface area contributed by atoms with Gasteiger partial charge in [-0.15, -0.1) is 0 Å². The van der Waals surface area contributed by atoms with Gasteiger partial charge in [0, 0.05) is 43.0 Å². The van der Waals surface area contributed by atoms with E-state index in [9.17, 15) is 13.2 Å². The van der Waals surface area contributed by atoms with E-state index in [-0.39, 0.29) is 23.1 Å². The van der Waals surface area contributed by atoms with Gasteiger partial charge in [0.15, 0.2) is 11.5 Å². The molecule has 0 aliphatic carbocycles. The molecule has 1 aliphatic rings. The topological polar surface area (TPSA) is 88.6 Å². The maximum atomic E-state index is 13.9. The van der Waals surface area contributed by atoms with Gasteiger partial charge in [0.1, 0.15) is 12.3 Å². The van der Waals surface area contributed by atoms with E-state index in [0.717, 1.165) is 9.99 Å². The number of rotatable bonds is 10. The van der Waals surface area contributed by atoms with Gasteiger partial charge in [0.2, 0.25) is 5.91 Å². The number of ether oxygens (including phenoxy) is 3. The summed E-state index contributed by atoms with van der Waals surface area (Å²) in [5.74, 6) is 0.984. The van der Waals surface area contributed by atoms with Crippen LogP contribution in [0.15, 0.2) is 71.6 Å². The molecule has 3 aromatic carbocycles. The van der Waals surface area contributed by atoms with Crippen molar-refractivity contribution in [2.24, 2.45) is 0 Å². The van der Waals surface area contributed by atoms with Crippen molar-refractivity contribution >= 4 is 38.9 Å². The molecule has 0 saturated carbocycles. The van der Waals surface area contributed by atoms with Crippen molar-refractivity contribution < 1.29 is 27.4 Å². The number of nitrogens with zero attached hydrogens (tertiary/aromatic N) is 3. The van der Waals surface area contributed by atoms with E-state index >= 15 is 0 Å². The van der Waals surface area contributed by atoms with Gasteiger partial charge < -0.3 is 24.0 Å². The third-order valence-corrected chi connectivity index (χ3v) is 8.47. The van der Waals surface area contributed by atoms with Crippen molar-refractivity contribution in [3.63, 3.8) is 0 Å². The van der Waals surface area contributed by atoms with Gasteiger partial charge in [-0.25, -0.2) is 8.42 Å². The molecule has 1 fully saturated rings. The lowest BCUT2D eigenvalue weighted by Crippen LogP contribution is -2.52. The number of anilines is 2. The van der Waals surface area contributed by atoms with E-state index in [0.29, 0.717) is 55.0 Å². The standard InChI is InChI=1S/C28H32ClN3O6S/c1-4-38-24-10-8-22(9-11-24)32(39(34,35)25-12-13-26(36-2)27(19-25)37-3)20-28(33)31-16-14-30(15-17-31)23-7-5-6-21(29)18-23/h5-13,18-19H,4,14-17,20H2,1-3H3. The molecule has 0 atom stereocenters. The average Bonchev–Trinajstić information content (AvgIpc) is 2.96. The van der Waals surface area contributed by atoms with E-state index in [4.69, 9.17) is 25.8 Å². The number of hydrogen-bond donors (Lipinski definition) is 0. The minimum absolute atomic E-state index is 0.0207. The van der Waals surface area contributed by atoms with Crippen LogP contribution in [0.1, 0.15) is 6.92 Å². The number of methoxy groups -OCH3 is 2. The first-order valence-corrected chi connectivity index (χ1v) is 14.3. The van der Waals surface area contributed by atoms with Crippen LogP contribution < -0.4 is 23.4 Å². The second-order valence-electron chi connectivity index (χ2n) is 8.80. The number of sulfonamides is 1. The third kappa shape index (κ3) is 6.51. The molecule has 0 spiro atoms. The molecule has 1 saturated heterocycles. The van der Waals surface area contributed by atoms with Gasteiger partial charge in [-0.05, 0) is 61.5 Å². The molecule has 9 nitrogen and oxygen atoms in total. The minimum Gasteiger partial charge on any atom is -0.494 e. The molecule has 1 amide bonds. The number of hydrogen-bond acceptors (Lipinski definition) is 7. The second-order valence-corrected chi connectivity index (χ2v) is 11.1. The van der Waals surface area contributed by atoms with Crippen LogP contribution in [-0.4, -0.2) is 72.8 Å². The lowest BCUT2D eigenvalue weighted by molar-refractivity contribution is -0.129. The first kappa shape index (κ1) is 28.4. The fourth-order valence-electron chi connectivity index (χ4n) is 4.40. The van der Waals surface area contributed by atoms with Crippen molar-refractivity contribution in [1.29, 1.82) is 0 Å². The Hall–Kier alpha value is -3.63. The zero-order valence-corrected chi connectivity index (χ0v) is 23.7. The molecule has 0 aromatic heterocycles. The van der Waals surface area contributed by atoms with E-state index in [2.05, 4.69) is 4.90 Å². The molecule has 1 aliphatic heterocycles. The van der Waals surface area contributed by atoms with Gasteiger partial charge in [-0.2, -0.15) is 0 Å². The summed E-state index contributed by atoms with van der Waals surface area (Å²) in [6, 6.07) is 18.6. The van der Waals surface area contributed by atoms with Gasteiger partial charge in [0.05, 0.1) is 31.4 Å². The zero-order chi connectivity index (χ0) is 28.0. The van der Waals surface area contributed by atoms with Crippen LogP contribution >= 0.6 is 11.6 Å². The molecule has 11 heteroatoms. The molecular formula is C28H32ClN3O6S. The van der Waals surface area contributed by atoms with Crippen LogP contribution in [-0.2, 0) is 14.8 Å². The lowest BCUT2D eigenvalue weighted by atomic mass is 10.2. The van der Waals surface area contributed by atoms with E-state index in [1.165, 1.54) is 32.4 Å². The van der Waals surface area contributed by atoms with Crippen LogP contribution in [0.25, 0.3) is 0 Å².